The summed E-state index contributed by atoms with van der Waals surface area (Å²) in [5.41, 5.74) is 7.47. The van der Waals surface area contributed by atoms with E-state index in [1.807, 2.05) is 6.07 Å². The van der Waals surface area contributed by atoms with Gasteiger partial charge in [0.1, 0.15) is 5.69 Å². The van der Waals surface area contributed by atoms with Gasteiger partial charge in [-0.2, -0.15) is 4.98 Å². The van der Waals surface area contributed by atoms with Crippen molar-refractivity contribution in [3.8, 4) is 23.0 Å². The fourth-order valence-corrected chi connectivity index (χ4v) is 2.73. The fraction of sp³-hybridized carbons (Fsp3) is 0. The van der Waals surface area contributed by atoms with Crippen LogP contribution in [0.2, 0.25) is 10.0 Å². The number of hydrogen-bond donors (Lipinski definition) is 1. The van der Waals surface area contributed by atoms with E-state index in [9.17, 15) is 0 Å². The molecule has 1 aromatic carbocycles. The zero-order valence-corrected chi connectivity index (χ0v) is 13.4. The quantitative estimate of drug-likeness (QED) is 0.659. The fourth-order valence-electron chi connectivity index (χ4n) is 1.75. The smallest absolute Gasteiger partial charge is 0.258 e. The maximum absolute atomic E-state index is 6.07. The Labute approximate surface area is 138 Å². The lowest BCUT2D eigenvalue weighted by Crippen LogP contribution is -1.88. The summed E-state index contributed by atoms with van der Waals surface area (Å²) in [7, 11) is 0. The number of benzene rings is 1. The van der Waals surface area contributed by atoms with Gasteiger partial charge >= 0.3 is 0 Å². The predicted octanol–water partition coefficient (Wildman–Crippen LogP) is 4.45. The zero-order chi connectivity index (χ0) is 15.0. The van der Waals surface area contributed by atoms with E-state index >= 15 is 0 Å². The second-order valence-corrected chi connectivity index (χ2v) is 5.94. The molecule has 0 atom stereocenters. The first-order valence-electron chi connectivity index (χ1n) is 5.74. The molecular weight excluding hydrogens is 379 g/mol. The number of nitrogen functional groups attached to an aromatic ring is 1. The van der Waals surface area contributed by atoms with Crippen LogP contribution in [0, 0.1) is 0 Å². The van der Waals surface area contributed by atoms with E-state index in [4.69, 9.17) is 33.5 Å². The van der Waals surface area contributed by atoms with Crippen LogP contribution in [-0.4, -0.2) is 15.1 Å². The lowest BCUT2D eigenvalue weighted by Gasteiger charge is -1.99. The van der Waals surface area contributed by atoms with Gasteiger partial charge in [0, 0.05) is 21.9 Å². The van der Waals surface area contributed by atoms with Crippen molar-refractivity contribution in [3.05, 3.63) is 45.0 Å². The molecule has 0 unspecified atom stereocenters. The highest BCUT2D eigenvalue weighted by molar-refractivity contribution is 9.10. The van der Waals surface area contributed by atoms with Crippen LogP contribution in [0.5, 0.6) is 0 Å². The van der Waals surface area contributed by atoms with Crippen LogP contribution in [0.15, 0.2) is 39.5 Å². The number of nitrogens with two attached hydrogens (primary N) is 1. The summed E-state index contributed by atoms with van der Waals surface area (Å²) in [6, 6.07) is 6.90. The van der Waals surface area contributed by atoms with Crippen LogP contribution in [0.3, 0.4) is 0 Å². The van der Waals surface area contributed by atoms with Crippen molar-refractivity contribution < 1.29 is 4.52 Å². The van der Waals surface area contributed by atoms with Crippen LogP contribution in [0.4, 0.5) is 5.69 Å². The zero-order valence-electron chi connectivity index (χ0n) is 10.3. The Hall–Kier alpha value is -1.63. The van der Waals surface area contributed by atoms with Crippen molar-refractivity contribution in [3.63, 3.8) is 0 Å². The van der Waals surface area contributed by atoms with Crippen molar-refractivity contribution in [1.29, 1.82) is 0 Å². The van der Waals surface area contributed by atoms with E-state index in [-0.39, 0.29) is 5.82 Å². The summed E-state index contributed by atoms with van der Waals surface area (Å²) in [5, 5.41) is 4.67. The second-order valence-electron chi connectivity index (χ2n) is 4.18. The van der Waals surface area contributed by atoms with E-state index in [1.165, 1.54) is 6.20 Å². The number of anilines is 1. The predicted molar refractivity (Wildman–Crippen MR) is 85.1 cm³/mol. The van der Waals surface area contributed by atoms with Crippen LogP contribution < -0.4 is 5.73 Å². The molecule has 0 fully saturated rings. The number of aromatic nitrogens is 3. The summed E-state index contributed by atoms with van der Waals surface area (Å²) < 4.78 is 6.05. The number of hydrogen-bond acceptors (Lipinski definition) is 5. The molecule has 0 spiro atoms. The van der Waals surface area contributed by atoms with Gasteiger partial charge in [0.05, 0.1) is 10.0 Å². The van der Waals surface area contributed by atoms with Gasteiger partial charge in [-0.1, -0.05) is 44.3 Å². The standard InChI is InChI=1S/C13H7BrCl2N4O/c14-7-1-6(2-9(17)3-7)13-19-12(20-21-13)11-10(16)4-8(15)5-18-11/h1-5H,17H2. The van der Waals surface area contributed by atoms with E-state index in [2.05, 4.69) is 31.1 Å². The minimum atomic E-state index is 0.283. The van der Waals surface area contributed by atoms with Crippen LogP contribution in [0.1, 0.15) is 0 Å². The molecule has 0 amide bonds. The minimum Gasteiger partial charge on any atom is -0.399 e. The molecule has 0 saturated carbocycles. The summed E-state index contributed by atoms with van der Waals surface area (Å²) in [6.07, 6.45) is 1.47. The Morgan fingerprint density at radius 1 is 1.14 bits per heavy atom. The Bertz CT molecular complexity index is 801. The summed E-state index contributed by atoms with van der Waals surface area (Å²) in [6.45, 7) is 0. The number of pyridine rings is 1. The third kappa shape index (κ3) is 3.02. The van der Waals surface area contributed by atoms with Crippen molar-refractivity contribution >= 4 is 44.8 Å². The molecule has 2 N–H and O–H groups in total. The lowest BCUT2D eigenvalue weighted by atomic mass is 10.2. The summed E-state index contributed by atoms with van der Waals surface area (Å²) >= 11 is 15.2. The van der Waals surface area contributed by atoms with Crippen molar-refractivity contribution in [2.24, 2.45) is 0 Å². The minimum absolute atomic E-state index is 0.283. The molecule has 2 aromatic heterocycles. The molecule has 2 heterocycles. The summed E-state index contributed by atoms with van der Waals surface area (Å²) in [4.78, 5) is 8.39. The van der Waals surface area contributed by atoms with E-state index in [0.717, 1.165) is 4.47 Å². The molecule has 0 bridgehead atoms. The Morgan fingerprint density at radius 3 is 2.67 bits per heavy atom. The molecule has 0 aliphatic rings. The Morgan fingerprint density at radius 2 is 1.95 bits per heavy atom. The van der Waals surface area contributed by atoms with Crippen LogP contribution >= 0.6 is 39.1 Å². The lowest BCUT2D eigenvalue weighted by molar-refractivity contribution is 0.432. The molecule has 3 rings (SSSR count). The highest BCUT2D eigenvalue weighted by atomic mass is 79.9. The third-order valence-corrected chi connectivity index (χ3v) is 3.57. The average Bonchev–Trinajstić information content (AvgIpc) is 2.87. The third-order valence-electron chi connectivity index (χ3n) is 2.61. The average molecular weight is 386 g/mol. The highest BCUT2D eigenvalue weighted by Gasteiger charge is 2.15. The van der Waals surface area contributed by atoms with Crippen molar-refractivity contribution in [1.82, 2.24) is 15.1 Å². The first-order valence-corrected chi connectivity index (χ1v) is 7.29. The normalized spacial score (nSPS) is 10.8. The van der Waals surface area contributed by atoms with Gasteiger partial charge in [0.2, 0.25) is 5.82 Å². The summed E-state index contributed by atoms with van der Waals surface area (Å²) in [5.74, 6) is 0.607. The maximum Gasteiger partial charge on any atom is 0.258 e. The van der Waals surface area contributed by atoms with Gasteiger partial charge in [-0.05, 0) is 24.3 Å². The number of halogens is 3. The molecule has 5 nitrogen and oxygen atoms in total. The van der Waals surface area contributed by atoms with Gasteiger partial charge in [-0.3, -0.25) is 0 Å². The van der Waals surface area contributed by atoms with E-state index in [1.54, 1.807) is 18.2 Å². The van der Waals surface area contributed by atoms with Crippen LogP contribution in [-0.2, 0) is 0 Å². The maximum atomic E-state index is 6.07. The van der Waals surface area contributed by atoms with Gasteiger partial charge in [0.15, 0.2) is 0 Å². The molecule has 0 aliphatic heterocycles. The SMILES string of the molecule is Nc1cc(Br)cc(-c2nc(-c3ncc(Cl)cc3Cl)no2)c1. The van der Waals surface area contributed by atoms with Gasteiger partial charge < -0.3 is 10.3 Å². The van der Waals surface area contributed by atoms with E-state index < -0.39 is 0 Å². The Kier molecular flexibility index (Phi) is 3.84. The molecule has 8 heteroatoms. The first-order chi connectivity index (χ1) is 10.0. The largest absolute Gasteiger partial charge is 0.399 e. The first kappa shape index (κ1) is 14.3. The monoisotopic (exact) mass is 384 g/mol. The molecule has 21 heavy (non-hydrogen) atoms. The molecule has 0 saturated heterocycles. The number of rotatable bonds is 2. The molecule has 3 aromatic rings. The van der Waals surface area contributed by atoms with E-state index in [0.29, 0.717) is 32.9 Å². The van der Waals surface area contributed by atoms with Gasteiger partial charge in [-0.25, -0.2) is 4.98 Å². The Balaban J connectivity index is 2.03. The topological polar surface area (TPSA) is 77.8 Å². The highest BCUT2D eigenvalue weighted by Crippen LogP contribution is 2.29. The van der Waals surface area contributed by atoms with Crippen molar-refractivity contribution in [2.75, 3.05) is 5.73 Å². The van der Waals surface area contributed by atoms with Gasteiger partial charge in [-0.15, -0.1) is 0 Å². The number of nitrogens with zero attached hydrogens (tertiary/aromatic N) is 3. The second kappa shape index (κ2) is 5.63. The van der Waals surface area contributed by atoms with Crippen molar-refractivity contribution in [2.45, 2.75) is 0 Å². The molecule has 0 aliphatic carbocycles. The molecular formula is C13H7BrCl2N4O. The van der Waals surface area contributed by atoms with Crippen LogP contribution in [0.25, 0.3) is 23.0 Å². The molecule has 0 radical (unpaired) electrons. The van der Waals surface area contributed by atoms with Gasteiger partial charge in [0.25, 0.3) is 5.89 Å². The molecule has 106 valence electrons.